The molecule has 0 atom stereocenters. The fraction of sp³-hybridized carbons (Fsp3) is 0.0588. The van der Waals surface area contributed by atoms with Crippen LogP contribution in [0, 0.1) is 0 Å². The van der Waals surface area contributed by atoms with E-state index in [0.29, 0.717) is 12.0 Å². The number of aromatic carboxylic acids is 1. The third kappa shape index (κ3) is 3.01. The molecule has 4 heteroatoms. The van der Waals surface area contributed by atoms with E-state index in [1.54, 1.807) is 23.5 Å². The molecule has 21 heavy (non-hydrogen) atoms. The van der Waals surface area contributed by atoms with Crippen LogP contribution in [-0.4, -0.2) is 16.1 Å². The highest BCUT2D eigenvalue weighted by molar-refractivity contribution is 7.10. The number of aromatic nitrogens is 1. The van der Waals surface area contributed by atoms with E-state index in [9.17, 15) is 9.90 Å². The molecule has 0 saturated carbocycles. The monoisotopic (exact) mass is 295 g/mol. The average Bonchev–Trinajstić information content (AvgIpc) is 2.97. The number of carbonyl (C=O) groups is 1. The maximum atomic E-state index is 11.2. The van der Waals surface area contributed by atoms with E-state index in [4.69, 9.17) is 0 Å². The van der Waals surface area contributed by atoms with Crippen LogP contribution < -0.4 is 0 Å². The molecule has 0 aliphatic rings. The van der Waals surface area contributed by atoms with E-state index in [1.807, 2.05) is 47.8 Å². The van der Waals surface area contributed by atoms with E-state index in [0.717, 1.165) is 21.8 Å². The van der Waals surface area contributed by atoms with Gasteiger partial charge < -0.3 is 5.11 Å². The largest absolute Gasteiger partial charge is 0.478 e. The molecule has 0 spiro atoms. The van der Waals surface area contributed by atoms with Gasteiger partial charge in [-0.1, -0.05) is 48.5 Å². The Kier molecular flexibility index (Phi) is 3.79. The van der Waals surface area contributed by atoms with Gasteiger partial charge in [-0.3, -0.25) is 0 Å². The van der Waals surface area contributed by atoms with Gasteiger partial charge in [-0.2, -0.15) is 0 Å². The first-order valence-electron chi connectivity index (χ1n) is 6.55. The molecule has 3 aromatic rings. The molecule has 0 aliphatic heterocycles. The van der Waals surface area contributed by atoms with Gasteiger partial charge in [0.15, 0.2) is 0 Å². The zero-order valence-electron chi connectivity index (χ0n) is 11.2. The second kappa shape index (κ2) is 5.89. The Hall–Kier alpha value is -2.46. The Morgan fingerprint density at radius 3 is 2.52 bits per heavy atom. The van der Waals surface area contributed by atoms with Gasteiger partial charge in [-0.25, -0.2) is 9.78 Å². The first-order valence-corrected chi connectivity index (χ1v) is 7.43. The predicted molar refractivity (Wildman–Crippen MR) is 83.8 cm³/mol. The van der Waals surface area contributed by atoms with Crippen LogP contribution in [0.4, 0.5) is 0 Å². The molecular weight excluding hydrogens is 282 g/mol. The Morgan fingerprint density at radius 1 is 1.05 bits per heavy atom. The van der Waals surface area contributed by atoms with E-state index in [2.05, 4.69) is 4.98 Å². The van der Waals surface area contributed by atoms with Crippen molar-refractivity contribution in [1.29, 1.82) is 0 Å². The lowest BCUT2D eigenvalue weighted by Gasteiger charge is -2.03. The molecular formula is C17H13NO2S. The zero-order valence-corrected chi connectivity index (χ0v) is 12.0. The molecule has 3 nitrogen and oxygen atoms in total. The maximum Gasteiger partial charge on any atom is 0.335 e. The summed E-state index contributed by atoms with van der Waals surface area (Å²) >= 11 is 1.56. The lowest BCUT2D eigenvalue weighted by atomic mass is 10.1. The summed E-state index contributed by atoms with van der Waals surface area (Å²) in [5, 5.41) is 12.1. The molecule has 2 aromatic carbocycles. The first kappa shape index (κ1) is 13.5. The Bertz CT molecular complexity index is 765. The van der Waals surface area contributed by atoms with Gasteiger partial charge in [0, 0.05) is 17.4 Å². The standard InChI is InChI=1S/C17H13NO2S/c19-17(20)14-9-5-4-8-13(14)10-16-18-15(11-21-16)12-6-2-1-3-7-12/h1-9,11H,10H2,(H,19,20). The van der Waals surface area contributed by atoms with Gasteiger partial charge in [0.2, 0.25) is 0 Å². The van der Waals surface area contributed by atoms with Gasteiger partial charge in [0.05, 0.1) is 16.3 Å². The molecule has 104 valence electrons. The van der Waals surface area contributed by atoms with Crippen molar-refractivity contribution >= 4 is 17.3 Å². The molecule has 0 fully saturated rings. The smallest absolute Gasteiger partial charge is 0.335 e. The number of hydrogen-bond acceptors (Lipinski definition) is 3. The highest BCUT2D eigenvalue weighted by atomic mass is 32.1. The van der Waals surface area contributed by atoms with Crippen molar-refractivity contribution < 1.29 is 9.90 Å². The van der Waals surface area contributed by atoms with Gasteiger partial charge in [0.25, 0.3) is 0 Å². The van der Waals surface area contributed by atoms with Crippen LogP contribution in [-0.2, 0) is 6.42 Å². The van der Waals surface area contributed by atoms with Crippen molar-refractivity contribution in [1.82, 2.24) is 4.98 Å². The van der Waals surface area contributed by atoms with Gasteiger partial charge in [-0.15, -0.1) is 11.3 Å². The summed E-state index contributed by atoms with van der Waals surface area (Å²) in [7, 11) is 0. The summed E-state index contributed by atoms with van der Waals surface area (Å²) in [6, 6.07) is 17.0. The number of nitrogens with zero attached hydrogens (tertiary/aromatic N) is 1. The summed E-state index contributed by atoms with van der Waals surface area (Å²) < 4.78 is 0. The minimum Gasteiger partial charge on any atom is -0.478 e. The third-order valence-electron chi connectivity index (χ3n) is 3.21. The number of carboxylic acids is 1. The molecule has 0 unspecified atom stereocenters. The summed E-state index contributed by atoms with van der Waals surface area (Å²) in [6.07, 6.45) is 0.542. The highest BCUT2D eigenvalue weighted by Crippen LogP contribution is 2.24. The Labute approximate surface area is 126 Å². The number of thiazole rings is 1. The fourth-order valence-corrected chi connectivity index (χ4v) is 3.01. The average molecular weight is 295 g/mol. The number of benzene rings is 2. The third-order valence-corrected chi connectivity index (χ3v) is 4.06. The normalized spacial score (nSPS) is 10.5. The molecule has 3 rings (SSSR count). The van der Waals surface area contributed by atoms with E-state index < -0.39 is 5.97 Å². The topological polar surface area (TPSA) is 50.2 Å². The van der Waals surface area contributed by atoms with Crippen LogP contribution in [0.25, 0.3) is 11.3 Å². The summed E-state index contributed by atoms with van der Waals surface area (Å²) in [6.45, 7) is 0. The molecule has 0 amide bonds. The molecule has 1 N–H and O–H groups in total. The second-order valence-corrected chi connectivity index (χ2v) is 5.57. The minimum absolute atomic E-state index is 0.342. The Morgan fingerprint density at radius 2 is 1.76 bits per heavy atom. The van der Waals surface area contributed by atoms with Crippen molar-refractivity contribution in [2.45, 2.75) is 6.42 Å². The van der Waals surface area contributed by atoms with Crippen LogP contribution in [0.5, 0.6) is 0 Å². The van der Waals surface area contributed by atoms with E-state index in [1.165, 1.54) is 0 Å². The SMILES string of the molecule is O=C(O)c1ccccc1Cc1nc(-c2ccccc2)cs1. The molecule has 0 aliphatic carbocycles. The molecule has 0 saturated heterocycles. The quantitative estimate of drug-likeness (QED) is 0.788. The number of rotatable bonds is 4. The van der Waals surface area contributed by atoms with Gasteiger partial charge in [0.1, 0.15) is 0 Å². The lowest BCUT2D eigenvalue weighted by Crippen LogP contribution is -2.02. The lowest BCUT2D eigenvalue weighted by molar-refractivity contribution is 0.0696. The Balaban J connectivity index is 1.87. The summed E-state index contributed by atoms with van der Waals surface area (Å²) in [5.74, 6) is -0.898. The number of hydrogen-bond donors (Lipinski definition) is 1. The maximum absolute atomic E-state index is 11.2. The van der Waals surface area contributed by atoms with Gasteiger partial charge in [-0.05, 0) is 11.6 Å². The van der Waals surface area contributed by atoms with Crippen molar-refractivity contribution in [3.05, 3.63) is 76.1 Å². The molecule has 0 radical (unpaired) electrons. The van der Waals surface area contributed by atoms with E-state index in [-0.39, 0.29) is 0 Å². The van der Waals surface area contributed by atoms with Crippen molar-refractivity contribution in [2.24, 2.45) is 0 Å². The van der Waals surface area contributed by atoms with E-state index >= 15 is 0 Å². The fourth-order valence-electron chi connectivity index (χ4n) is 2.18. The summed E-state index contributed by atoms with van der Waals surface area (Å²) in [5.41, 5.74) is 3.14. The highest BCUT2D eigenvalue weighted by Gasteiger charge is 2.11. The van der Waals surface area contributed by atoms with Crippen molar-refractivity contribution in [3.8, 4) is 11.3 Å². The van der Waals surface area contributed by atoms with Crippen LogP contribution in [0.1, 0.15) is 20.9 Å². The zero-order chi connectivity index (χ0) is 14.7. The molecule has 1 heterocycles. The van der Waals surface area contributed by atoms with Crippen molar-refractivity contribution in [2.75, 3.05) is 0 Å². The second-order valence-electron chi connectivity index (χ2n) is 4.63. The van der Waals surface area contributed by atoms with Crippen LogP contribution in [0.15, 0.2) is 60.0 Å². The van der Waals surface area contributed by atoms with Crippen LogP contribution >= 0.6 is 11.3 Å². The van der Waals surface area contributed by atoms with Crippen LogP contribution in [0.3, 0.4) is 0 Å². The van der Waals surface area contributed by atoms with Crippen LogP contribution in [0.2, 0.25) is 0 Å². The van der Waals surface area contributed by atoms with Crippen molar-refractivity contribution in [3.63, 3.8) is 0 Å². The molecule has 0 bridgehead atoms. The summed E-state index contributed by atoms with van der Waals surface area (Å²) in [4.78, 5) is 15.8. The predicted octanol–water partition coefficient (Wildman–Crippen LogP) is 4.10. The molecule has 1 aromatic heterocycles. The minimum atomic E-state index is -0.898. The first-order chi connectivity index (χ1) is 10.2. The number of carboxylic acid groups (broad SMARTS) is 1. The van der Waals surface area contributed by atoms with Gasteiger partial charge >= 0.3 is 5.97 Å².